The maximum atomic E-state index is 2.52. The molecule has 0 aromatic carbocycles. The summed E-state index contributed by atoms with van der Waals surface area (Å²) in [5.41, 5.74) is 0.618. The Labute approximate surface area is 77.1 Å². The van der Waals surface area contributed by atoms with E-state index in [0.717, 1.165) is 6.04 Å². The number of piperidine rings is 1. The second-order valence-electron chi connectivity index (χ2n) is 4.33. The molecule has 0 aliphatic carbocycles. The fraction of sp³-hybridized carbons (Fsp3) is 1.00. The summed E-state index contributed by atoms with van der Waals surface area (Å²) < 4.78 is 0. The van der Waals surface area contributed by atoms with Gasteiger partial charge in [0, 0.05) is 6.04 Å². The van der Waals surface area contributed by atoms with E-state index >= 15 is 0 Å². The summed E-state index contributed by atoms with van der Waals surface area (Å²) in [6, 6.07) is 0.779. The van der Waals surface area contributed by atoms with E-state index in [4.69, 9.17) is 0 Å². The van der Waals surface area contributed by atoms with Crippen molar-refractivity contribution in [3.8, 4) is 0 Å². The molecule has 1 saturated heterocycles. The second-order valence-corrected chi connectivity index (χ2v) is 4.33. The van der Waals surface area contributed by atoms with Crippen molar-refractivity contribution in [1.29, 1.82) is 0 Å². The average Bonchev–Trinajstić information content (AvgIpc) is 2.11. The van der Waals surface area contributed by atoms with Crippen molar-refractivity contribution in [3.05, 3.63) is 0 Å². The Morgan fingerprint density at radius 1 is 1.33 bits per heavy atom. The van der Waals surface area contributed by atoms with Crippen molar-refractivity contribution in [2.75, 3.05) is 13.6 Å². The van der Waals surface area contributed by atoms with Crippen LogP contribution in [0.4, 0.5) is 0 Å². The van der Waals surface area contributed by atoms with Crippen LogP contribution in [0.15, 0.2) is 0 Å². The van der Waals surface area contributed by atoms with Gasteiger partial charge in [0.15, 0.2) is 0 Å². The lowest BCUT2D eigenvalue weighted by atomic mass is 9.70. The smallest absolute Gasteiger partial charge is 0.0120 e. The standard InChI is InChI=1S/C11H23N/c1-5-11(6-2)8-7-9-12(4)10(11)3/h10H,5-9H2,1-4H3/t10-/m1/s1. The number of likely N-dealkylation sites (tertiary alicyclic amines) is 1. The Morgan fingerprint density at radius 2 is 1.92 bits per heavy atom. The molecule has 12 heavy (non-hydrogen) atoms. The Hall–Kier alpha value is -0.0400. The van der Waals surface area contributed by atoms with Crippen LogP contribution in [-0.2, 0) is 0 Å². The van der Waals surface area contributed by atoms with Gasteiger partial charge in [0.05, 0.1) is 0 Å². The largest absolute Gasteiger partial charge is 0.303 e. The molecule has 0 amide bonds. The first-order chi connectivity index (χ1) is 5.66. The van der Waals surface area contributed by atoms with E-state index in [0.29, 0.717) is 5.41 Å². The van der Waals surface area contributed by atoms with Gasteiger partial charge in [-0.2, -0.15) is 0 Å². The van der Waals surface area contributed by atoms with E-state index in [2.05, 4.69) is 32.7 Å². The van der Waals surface area contributed by atoms with Gasteiger partial charge in [0.2, 0.25) is 0 Å². The van der Waals surface area contributed by atoms with Crippen LogP contribution in [0.25, 0.3) is 0 Å². The molecule has 72 valence electrons. The van der Waals surface area contributed by atoms with Gasteiger partial charge in [-0.05, 0) is 51.6 Å². The van der Waals surface area contributed by atoms with Crippen LogP contribution in [0.3, 0.4) is 0 Å². The molecule has 0 N–H and O–H groups in total. The van der Waals surface area contributed by atoms with Gasteiger partial charge in [-0.15, -0.1) is 0 Å². The molecule has 0 bridgehead atoms. The van der Waals surface area contributed by atoms with Gasteiger partial charge in [0.25, 0.3) is 0 Å². The first-order valence-corrected chi connectivity index (χ1v) is 5.36. The first-order valence-electron chi connectivity index (χ1n) is 5.36. The number of hydrogen-bond donors (Lipinski definition) is 0. The molecule has 1 aliphatic rings. The van der Waals surface area contributed by atoms with E-state index in [-0.39, 0.29) is 0 Å². The van der Waals surface area contributed by atoms with Crippen LogP contribution in [0, 0.1) is 5.41 Å². The van der Waals surface area contributed by atoms with Crippen molar-refractivity contribution in [2.24, 2.45) is 5.41 Å². The van der Waals surface area contributed by atoms with Crippen LogP contribution in [0.1, 0.15) is 46.5 Å². The predicted octanol–water partition coefficient (Wildman–Crippen LogP) is 2.91. The van der Waals surface area contributed by atoms with E-state index < -0.39 is 0 Å². The molecule has 0 aromatic rings. The molecular formula is C11H23N. The third kappa shape index (κ3) is 1.52. The van der Waals surface area contributed by atoms with E-state index in [1.165, 1.54) is 32.2 Å². The molecule has 1 rings (SSSR count). The van der Waals surface area contributed by atoms with Gasteiger partial charge in [0.1, 0.15) is 0 Å². The van der Waals surface area contributed by atoms with E-state index in [1.54, 1.807) is 0 Å². The minimum Gasteiger partial charge on any atom is -0.303 e. The summed E-state index contributed by atoms with van der Waals surface area (Å²) in [7, 11) is 2.27. The van der Waals surface area contributed by atoms with Crippen LogP contribution in [0.5, 0.6) is 0 Å². The van der Waals surface area contributed by atoms with Crippen LogP contribution < -0.4 is 0 Å². The minimum atomic E-state index is 0.618. The normalized spacial score (nSPS) is 30.5. The van der Waals surface area contributed by atoms with E-state index in [9.17, 15) is 0 Å². The summed E-state index contributed by atoms with van der Waals surface area (Å²) in [5.74, 6) is 0. The molecule has 0 unspecified atom stereocenters. The molecule has 1 nitrogen and oxygen atoms in total. The highest BCUT2D eigenvalue weighted by Gasteiger charge is 2.37. The molecule has 1 heterocycles. The third-order valence-corrected chi connectivity index (χ3v) is 4.14. The maximum absolute atomic E-state index is 2.52. The zero-order chi connectivity index (χ0) is 9.19. The lowest BCUT2D eigenvalue weighted by Crippen LogP contribution is -2.48. The predicted molar refractivity (Wildman–Crippen MR) is 54.3 cm³/mol. The molecule has 0 saturated carbocycles. The summed E-state index contributed by atoms with van der Waals surface area (Å²) in [6.07, 6.45) is 5.51. The number of nitrogens with zero attached hydrogens (tertiary/aromatic N) is 1. The lowest BCUT2D eigenvalue weighted by molar-refractivity contribution is 0.0343. The topological polar surface area (TPSA) is 3.24 Å². The van der Waals surface area contributed by atoms with Gasteiger partial charge in [-0.3, -0.25) is 0 Å². The zero-order valence-corrected chi connectivity index (χ0v) is 9.06. The van der Waals surface area contributed by atoms with Gasteiger partial charge < -0.3 is 4.90 Å². The highest BCUT2D eigenvalue weighted by molar-refractivity contribution is 4.90. The first kappa shape index (κ1) is 10.0. The van der Waals surface area contributed by atoms with Gasteiger partial charge >= 0.3 is 0 Å². The highest BCUT2D eigenvalue weighted by atomic mass is 15.1. The third-order valence-electron chi connectivity index (χ3n) is 4.14. The summed E-state index contributed by atoms with van der Waals surface area (Å²) in [6.45, 7) is 8.38. The van der Waals surface area contributed by atoms with Crippen molar-refractivity contribution in [1.82, 2.24) is 4.90 Å². The highest BCUT2D eigenvalue weighted by Crippen LogP contribution is 2.40. The Bertz CT molecular complexity index is 138. The molecule has 1 aliphatic heterocycles. The Kier molecular flexibility index (Phi) is 3.16. The summed E-state index contributed by atoms with van der Waals surface area (Å²) >= 11 is 0. The zero-order valence-electron chi connectivity index (χ0n) is 9.06. The van der Waals surface area contributed by atoms with Crippen molar-refractivity contribution >= 4 is 0 Å². The molecule has 0 aromatic heterocycles. The average molecular weight is 169 g/mol. The van der Waals surface area contributed by atoms with Gasteiger partial charge in [-0.1, -0.05) is 13.8 Å². The summed E-state index contributed by atoms with van der Waals surface area (Å²) in [4.78, 5) is 2.52. The lowest BCUT2D eigenvalue weighted by Gasteiger charge is -2.47. The monoisotopic (exact) mass is 169 g/mol. The number of rotatable bonds is 2. The van der Waals surface area contributed by atoms with Crippen LogP contribution in [-0.4, -0.2) is 24.5 Å². The molecule has 0 spiro atoms. The minimum absolute atomic E-state index is 0.618. The molecule has 1 fully saturated rings. The molecule has 0 radical (unpaired) electrons. The van der Waals surface area contributed by atoms with E-state index in [1.807, 2.05) is 0 Å². The SMILES string of the molecule is CCC1(CC)CCCN(C)[C@@H]1C. The fourth-order valence-corrected chi connectivity index (χ4v) is 2.74. The van der Waals surface area contributed by atoms with Crippen LogP contribution >= 0.6 is 0 Å². The van der Waals surface area contributed by atoms with Crippen molar-refractivity contribution < 1.29 is 0 Å². The van der Waals surface area contributed by atoms with Gasteiger partial charge in [-0.25, -0.2) is 0 Å². The second kappa shape index (κ2) is 3.78. The maximum Gasteiger partial charge on any atom is 0.0120 e. The molecular weight excluding hydrogens is 146 g/mol. The fourth-order valence-electron chi connectivity index (χ4n) is 2.74. The summed E-state index contributed by atoms with van der Waals surface area (Å²) in [5, 5.41) is 0. The van der Waals surface area contributed by atoms with Crippen molar-refractivity contribution in [3.63, 3.8) is 0 Å². The Morgan fingerprint density at radius 3 is 2.33 bits per heavy atom. The quantitative estimate of drug-likeness (QED) is 0.614. The Balaban J connectivity index is 2.71. The molecule has 1 heteroatoms. The van der Waals surface area contributed by atoms with Crippen LogP contribution in [0.2, 0.25) is 0 Å². The number of hydrogen-bond acceptors (Lipinski definition) is 1. The van der Waals surface area contributed by atoms with Crippen molar-refractivity contribution in [2.45, 2.75) is 52.5 Å². The molecule has 1 atom stereocenters.